The number of nitrogens with zero attached hydrogens (tertiary/aromatic N) is 4. The largest absolute Gasteiger partial charge is 0.491 e. The summed E-state index contributed by atoms with van der Waals surface area (Å²) in [5.41, 5.74) is 8.83. The second-order valence-electron chi connectivity index (χ2n) is 7.86. The number of benzene rings is 2. The van der Waals surface area contributed by atoms with Crippen LogP contribution >= 0.6 is 23.1 Å². The number of nitrogens with two attached hydrogens (primary N) is 1. The van der Waals surface area contributed by atoms with E-state index in [2.05, 4.69) is 26.2 Å². The van der Waals surface area contributed by atoms with E-state index in [1.165, 1.54) is 35.2 Å². The van der Waals surface area contributed by atoms with Crippen LogP contribution in [0.2, 0.25) is 0 Å². The number of nitrogen functional groups attached to an aromatic ring is 1. The van der Waals surface area contributed by atoms with Gasteiger partial charge in [-0.2, -0.15) is 5.26 Å². The third kappa shape index (κ3) is 6.37. The minimum Gasteiger partial charge on any atom is -0.491 e. The minimum atomic E-state index is -0.999. The molecule has 0 bridgehead atoms. The topological polar surface area (TPSA) is 142 Å². The van der Waals surface area contributed by atoms with Gasteiger partial charge in [-0.1, -0.05) is 23.9 Å². The van der Waals surface area contributed by atoms with Crippen LogP contribution in [0.5, 0.6) is 5.75 Å². The van der Waals surface area contributed by atoms with E-state index in [1.54, 1.807) is 36.4 Å². The molecule has 0 saturated carbocycles. The van der Waals surface area contributed by atoms with Gasteiger partial charge in [-0.25, -0.2) is 19.2 Å². The average Bonchev–Trinajstić information content (AvgIpc) is 3.38. The van der Waals surface area contributed by atoms with Gasteiger partial charge in [0.2, 0.25) is 5.69 Å². The normalized spacial score (nSPS) is 11.4. The fourth-order valence-corrected chi connectivity index (χ4v) is 5.09. The van der Waals surface area contributed by atoms with Crippen LogP contribution in [0.4, 0.5) is 26.7 Å². The summed E-state index contributed by atoms with van der Waals surface area (Å²) >= 11 is 2.67. The van der Waals surface area contributed by atoms with Gasteiger partial charge in [0, 0.05) is 22.4 Å². The predicted molar refractivity (Wildman–Crippen MR) is 145 cm³/mol. The molecule has 4 aromatic rings. The molecule has 0 radical (unpaired) electrons. The van der Waals surface area contributed by atoms with E-state index in [0.29, 0.717) is 38.5 Å². The number of thiazole rings is 1. The lowest BCUT2D eigenvalue weighted by atomic mass is 10.00. The second kappa shape index (κ2) is 12.4. The maximum atomic E-state index is 13.1. The highest BCUT2D eigenvalue weighted by molar-refractivity contribution is 7.98. The Kier molecular flexibility index (Phi) is 8.73. The van der Waals surface area contributed by atoms with Crippen molar-refractivity contribution in [1.82, 2.24) is 9.97 Å². The predicted octanol–water partition coefficient (Wildman–Crippen LogP) is 5.12. The van der Waals surface area contributed by atoms with Crippen LogP contribution in [-0.4, -0.2) is 39.5 Å². The van der Waals surface area contributed by atoms with Gasteiger partial charge in [0.15, 0.2) is 5.13 Å². The number of aliphatic hydroxyl groups excluding tert-OH is 2. The summed E-state index contributed by atoms with van der Waals surface area (Å²) in [6.45, 7) is 7.12. The quantitative estimate of drug-likeness (QED) is 0.157. The number of aliphatic hydroxyl groups is 2. The number of anilines is 3. The van der Waals surface area contributed by atoms with Crippen molar-refractivity contribution in [3.63, 3.8) is 0 Å². The van der Waals surface area contributed by atoms with Crippen LogP contribution in [-0.2, 0) is 5.75 Å². The van der Waals surface area contributed by atoms with Crippen LogP contribution < -0.4 is 15.8 Å². The molecule has 1 atom stereocenters. The van der Waals surface area contributed by atoms with E-state index in [9.17, 15) is 14.8 Å². The maximum absolute atomic E-state index is 13.1. The summed E-state index contributed by atoms with van der Waals surface area (Å²) in [6, 6.07) is 14.8. The Balaban J connectivity index is 1.55. The summed E-state index contributed by atoms with van der Waals surface area (Å²) in [5.74, 6) is 0.547. The van der Waals surface area contributed by atoms with Crippen molar-refractivity contribution in [3.8, 4) is 22.9 Å². The number of ether oxygens (including phenoxy) is 1. The molecule has 4 rings (SSSR count). The number of hydrogen-bond donors (Lipinski definition) is 4. The highest BCUT2D eigenvalue weighted by Gasteiger charge is 2.21. The molecular formula is C26H21FN6O3S2. The lowest BCUT2D eigenvalue weighted by Crippen LogP contribution is -2.21. The van der Waals surface area contributed by atoms with Gasteiger partial charge >= 0.3 is 0 Å². The van der Waals surface area contributed by atoms with Gasteiger partial charge in [-0.05, 0) is 42.0 Å². The zero-order valence-corrected chi connectivity index (χ0v) is 21.4. The number of pyridine rings is 1. The molecule has 5 N–H and O–H groups in total. The van der Waals surface area contributed by atoms with Gasteiger partial charge in [0.05, 0.1) is 24.4 Å². The molecule has 0 amide bonds. The number of hydrogen-bond acceptors (Lipinski definition) is 10. The summed E-state index contributed by atoms with van der Waals surface area (Å²) < 4.78 is 18.6. The van der Waals surface area contributed by atoms with E-state index >= 15 is 0 Å². The minimum absolute atomic E-state index is 0.0137. The smallest absolute Gasteiger partial charge is 0.236 e. The highest BCUT2D eigenvalue weighted by Crippen LogP contribution is 2.42. The Morgan fingerprint density at radius 2 is 1.95 bits per heavy atom. The third-order valence-corrected chi connectivity index (χ3v) is 7.00. The maximum Gasteiger partial charge on any atom is 0.236 e. The molecule has 0 aliphatic carbocycles. The molecule has 12 heteroatoms. The van der Waals surface area contributed by atoms with Crippen molar-refractivity contribution < 1.29 is 19.3 Å². The molecule has 38 heavy (non-hydrogen) atoms. The Hall–Kier alpha value is -4.20. The number of aromatic nitrogens is 2. The lowest BCUT2D eigenvalue weighted by molar-refractivity contribution is 0.0536. The third-order valence-electron chi connectivity index (χ3n) is 5.19. The molecule has 0 unspecified atom stereocenters. The number of thioether (sulfide) groups is 1. The summed E-state index contributed by atoms with van der Waals surface area (Å²) in [7, 11) is 0. The van der Waals surface area contributed by atoms with Crippen LogP contribution in [0.1, 0.15) is 11.3 Å². The van der Waals surface area contributed by atoms with Gasteiger partial charge in [0.1, 0.15) is 41.2 Å². The van der Waals surface area contributed by atoms with Crippen molar-refractivity contribution in [3.05, 3.63) is 82.4 Å². The molecule has 2 heterocycles. The second-order valence-corrected chi connectivity index (χ2v) is 9.68. The number of nitrogens with one attached hydrogen (secondary N) is 1. The van der Waals surface area contributed by atoms with Crippen LogP contribution in [0.25, 0.3) is 16.0 Å². The van der Waals surface area contributed by atoms with Crippen LogP contribution in [0.15, 0.2) is 58.9 Å². The van der Waals surface area contributed by atoms with E-state index < -0.39 is 12.7 Å². The van der Waals surface area contributed by atoms with E-state index in [0.717, 1.165) is 5.69 Å². The molecule has 192 valence electrons. The van der Waals surface area contributed by atoms with Crippen molar-refractivity contribution in [2.45, 2.75) is 16.9 Å². The molecule has 2 aromatic carbocycles. The van der Waals surface area contributed by atoms with E-state index in [4.69, 9.17) is 22.1 Å². The van der Waals surface area contributed by atoms with Crippen molar-refractivity contribution in [2.24, 2.45) is 0 Å². The number of nitriles is 1. The molecular weight excluding hydrogens is 527 g/mol. The molecule has 0 aliphatic heterocycles. The Labute approximate surface area is 226 Å². The zero-order valence-electron chi connectivity index (χ0n) is 19.8. The molecule has 0 fully saturated rings. The van der Waals surface area contributed by atoms with Crippen molar-refractivity contribution in [2.75, 3.05) is 24.3 Å². The van der Waals surface area contributed by atoms with Gasteiger partial charge in [0.25, 0.3) is 0 Å². The van der Waals surface area contributed by atoms with E-state index in [-0.39, 0.29) is 29.5 Å². The van der Waals surface area contributed by atoms with Crippen molar-refractivity contribution in [1.29, 1.82) is 5.26 Å². The van der Waals surface area contributed by atoms with Crippen LogP contribution in [0, 0.1) is 23.7 Å². The Bertz CT molecular complexity index is 1500. The molecule has 2 aromatic heterocycles. The number of halogens is 1. The fraction of sp³-hybridized carbons (Fsp3) is 0.154. The van der Waals surface area contributed by atoms with E-state index in [1.807, 2.05) is 5.38 Å². The molecule has 0 aliphatic rings. The highest BCUT2D eigenvalue weighted by atomic mass is 32.2. The fourth-order valence-electron chi connectivity index (χ4n) is 3.37. The SMILES string of the molecule is [C-]#[N+]c1c(N)nc(SCc2csc(Nc3ccc(F)cc3)n2)c(C#N)c1-c1ccc(OC[C@@H](O)CO)cc1. The monoisotopic (exact) mass is 548 g/mol. The first-order valence-corrected chi connectivity index (χ1v) is 13.0. The zero-order chi connectivity index (χ0) is 27.1. The summed E-state index contributed by atoms with van der Waals surface area (Å²) in [4.78, 5) is 12.4. The molecule has 0 spiro atoms. The van der Waals surface area contributed by atoms with Gasteiger partial charge < -0.3 is 26.0 Å². The Morgan fingerprint density at radius 3 is 2.61 bits per heavy atom. The first-order valence-electron chi connectivity index (χ1n) is 11.1. The lowest BCUT2D eigenvalue weighted by Gasteiger charge is -2.14. The van der Waals surface area contributed by atoms with Crippen LogP contribution in [0.3, 0.4) is 0 Å². The van der Waals surface area contributed by atoms with Gasteiger partial charge in [-0.3, -0.25) is 0 Å². The first kappa shape index (κ1) is 26.9. The first-order chi connectivity index (χ1) is 18.4. The molecule has 9 nitrogen and oxygen atoms in total. The van der Waals surface area contributed by atoms with Gasteiger partial charge in [-0.15, -0.1) is 11.3 Å². The Morgan fingerprint density at radius 1 is 1.21 bits per heavy atom. The summed E-state index contributed by atoms with van der Waals surface area (Å²) in [5, 5.41) is 34.4. The molecule has 0 saturated heterocycles. The average molecular weight is 549 g/mol. The summed E-state index contributed by atoms with van der Waals surface area (Å²) in [6.07, 6.45) is -0.999. The van der Waals surface area contributed by atoms with Crippen molar-refractivity contribution >= 4 is 45.4 Å². The standard InChI is InChI=1S/C26H21FN6O3S2/c1-30-23-22(15-2-8-20(9-3-15)36-12-19(35)11-34)21(10-28)25(33-24(23)29)37-13-18-14-38-26(32-18)31-17-6-4-16(27)5-7-17/h2-9,14,19,34-35H,11-13H2,(H2,29,33)(H,31,32)/t19-/m0/s1. The number of rotatable bonds is 10.